The van der Waals surface area contributed by atoms with Crippen molar-refractivity contribution in [3.8, 4) is 0 Å². The molecule has 1 fully saturated rings. The van der Waals surface area contributed by atoms with Crippen molar-refractivity contribution in [1.29, 1.82) is 0 Å². The lowest BCUT2D eigenvalue weighted by Gasteiger charge is -2.27. The molecular formula is C14H20N2O2. The van der Waals surface area contributed by atoms with E-state index in [2.05, 4.69) is 12.2 Å². The molecule has 18 heavy (non-hydrogen) atoms. The van der Waals surface area contributed by atoms with Crippen LogP contribution < -0.4 is 11.1 Å². The number of nitrogens with one attached hydrogen (secondary N) is 1. The van der Waals surface area contributed by atoms with Gasteiger partial charge in [0, 0.05) is 5.54 Å². The predicted molar refractivity (Wildman–Crippen MR) is 72.7 cm³/mol. The van der Waals surface area contributed by atoms with Crippen LogP contribution in [0.3, 0.4) is 0 Å². The van der Waals surface area contributed by atoms with Crippen LogP contribution in [-0.4, -0.2) is 18.6 Å². The first kappa shape index (κ1) is 12.7. The summed E-state index contributed by atoms with van der Waals surface area (Å²) in [7, 11) is 1.38. The van der Waals surface area contributed by atoms with Gasteiger partial charge in [0.25, 0.3) is 0 Å². The summed E-state index contributed by atoms with van der Waals surface area (Å²) in [6.07, 6.45) is 4.74. The number of hydrogen-bond acceptors (Lipinski definition) is 4. The normalized spacial score (nSPS) is 17.4. The molecule has 98 valence electrons. The van der Waals surface area contributed by atoms with E-state index in [-0.39, 0.29) is 11.5 Å². The highest BCUT2D eigenvalue weighted by molar-refractivity contribution is 5.92. The molecule has 1 saturated carbocycles. The third-order valence-corrected chi connectivity index (χ3v) is 3.62. The molecule has 0 atom stereocenters. The van der Waals surface area contributed by atoms with E-state index >= 15 is 0 Å². The predicted octanol–water partition coefficient (Wildman–Crippen LogP) is 2.80. The molecule has 4 heteroatoms. The molecule has 1 aliphatic carbocycles. The highest BCUT2D eigenvalue weighted by Crippen LogP contribution is 2.34. The Morgan fingerprint density at radius 1 is 1.39 bits per heavy atom. The van der Waals surface area contributed by atoms with Gasteiger partial charge in [0.15, 0.2) is 0 Å². The maximum Gasteiger partial charge on any atom is 0.337 e. The minimum atomic E-state index is -0.338. The lowest BCUT2D eigenvalue weighted by molar-refractivity contribution is 0.0601. The Labute approximate surface area is 108 Å². The number of nitrogens with two attached hydrogens (primary N) is 1. The van der Waals surface area contributed by atoms with Crippen LogP contribution in [0.25, 0.3) is 0 Å². The van der Waals surface area contributed by atoms with Gasteiger partial charge < -0.3 is 15.8 Å². The lowest BCUT2D eigenvalue weighted by atomic mass is 9.99. The average Bonchev–Trinajstić information content (AvgIpc) is 2.78. The summed E-state index contributed by atoms with van der Waals surface area (Å²) in [4.78, 5) is 11.5. The summed E-state index contributed by atoms with van der Waals surface area (Å²) in [5.74, 6) is -0.338. The molecule has 0 aliphatic heterocycles. The smallest absolute Gasteiger partial charge is 0.337 e. The van der Waals surface area contributed by atoms with E-state index < -0.39 is 0 Å². The molecule has 0 unspecified atom stereocenters. The van der Waals surface area contributed by atoms with Crippen LogP contribution in [0.15, 0.2) is 18.2 Å². The second-order valence-corrected chi connectivity index (χ2v) is 5.19. The van der Waals surface area contributed by atoms with E-state index in [9.17, 15) is 4.79 Å². The largest absolute Gasteiger partial charge is 0.465 e. The number of nitrogen functional groups attached to an aromatic ring is 1. The minimum Gasteiger partial charge on any atom is -0.465 e. The SMILES string of the molecule is COC(=O)c1ccc(N)c(NC2(C)CCCC2)c1. The number of methoxy groups -OCH3 is 1. The van der Waals surface area contributed by atoms with Gasteiger partial charge in [0.05, 0.1) is 24.0 Å². The second kappa shape index (κ2) is 4.88. The van der Waals surface area contributed by atoms with Crippen LogP contribution in [0.2, 0.25) is 0 Å². The molecular weight excluding hydrogens is 228 g/mol. The van der Waals surface area contributed by atoms with Gasteiger partial charge in [0.1, 0.15) is 0 Å². The van der Waals surface area contributed by atoms with Crippen LogP contribution in [0.1, 0.15) is 43.0 Å². The van der Waals surface area contributed by atoms with Crippen LogP contribution >= 0.6 is 0 Å². The molecule has 0 bridgehead atoms. The van der Waals surface area contributed by atoms with Crippen LogP contribution in [-0.2, 0) is 4.74 Å². The van der Waals surface area contributed by atoms with E-state index in [0.717, 1.165) is 18.5 Å². The maximum atomic E-state index is 11.5. The Hall–Kier alpha value is -1.71. The zero-order chi connectivity index (χ0) is 13.2. The Morgan fingerprint density at radius 2 is 2.06 bits per heavy atom. The summed E-state index contributed by atoms with van der Waals surface area (Å²) in [5, 5.41) is 3.47. The number of esters is 1. The summed E-state index contributed by atoms with van der Waals surface area (Å²) in [6.45, 7) is 2.20. The van der Waals surface area contributed by atoms with E-state index in [1.54, 1.807) is 18.2 Å². The zero-order valence-corrected chi connectivity index (χ0v) is 11.0. The highest BCUT2D eigenvalue weighted by atomic mass is 16.5. The molecule has 0 saturated heterocycles. The number of carbonyl (C=O) groups is 1. The van der Waals surface area contributed by atoms with E-state index in [4.69, 9.17) is 10.5 Å². The maximum absolute atomic E-state index is 11.5. The molecule has 3 N–H and O–H groups in total. The number of benzene rings is 1. The number of anilines is 2. The Balaban J connectivity index is 2.23. The molecule has 0 radical (unpaired) electrons. The monoisotopic (exact) mass is 248 g/mol. The highest BCUT2D eigenvalue weighted by Gasteiger charge is 2.28. The molecule has 0 amide bonds. The van der Waals surface area contributed by atoms with Crippen molar-refractivity contribution in [3.05, 3.63) is 23.8 Å². The third-order valence-electron chi connectivity index (χ3n) is 3.62. The molecule has 1 aromatic carbocycles. The second-order valence-electron chi connectivity index (χ2n) is 5.19. The van der Waals surface area contributed by atoms with Crippen molar-refractivity contribution in [2.45, 2.75) is 38.1 Å². The summed E-state index contributed by atoms with van der Waals surface area (Å²) >= 11 is 0. The number of carbonyl (C=O) groups excluding carboxylic acids is 1. The van der Waals surface area contributed by atoms with Crippen molar-refractivity contribution >= 4 is 17.3 Å². The molecule has 4 nitrogen and oxygen atoms in total. The van der Waals surface area contributed by atoms with Crippen molar-refractivity contribution in [2.24, 2.45) is 0 Å². The summed E-state index contributed by atoms with van der Waals surface area (Å²) < 4.78 is 4.72. The summed E-state index contributed by atoms with van der Waals surface area (Å²) in [5.41, 5.74) is 8.05. The fourth-order valence-corrected chi connectivity index (χ4v) is 2.51. The Morgan fingerprint density at radius 3 is 2.67 bits per heavy atom. The van der Waals surface area contributed by atoms with Gasteiger partial charge in [-0.15, -0.1) is 0 Å². The fraction of sp³-hybridized carbons (Fsp3) is 0.500. The van der Waals surface area contributed by atoms with Crippen molar-refractivity contribution < 1.29 is 9.53 Å². The first-order chi connectivity index (χ1) is 8.54. The molecule has 2 rings (SSSR count). The van der Waals surface area contributed by atoms with E-state index in [1.165, 1.54) is 20.0 Å². The van der Waals surface area contributed by atoms with Gasteiger partial charge in [-0.05, 0) is 38.0 Å². The van der Waals surface area contributed by atoms with Crippen molar-refractivity contribution in [3.63, 3.8) is 0 Å². The Kier molecular flexibility index (Phi) is 3.45. The number of rotatable bonds is 3. The fourth-order valence-electron chi connectivity index (χ4n) is 2.51. The first-order valence-electron chi connectivity index (χ1n) is 6.30. The van der Waals surface area contributed by atoms with Crippen molar-refractivity contribution in [2.75, 3.05) is 18.2 Å². The van der Waals surface area contributed by atoms with Crippen LogP contribution in [0.4, 0.5) is 11.4 Å². The topological polar surface area (TPSA) is 64.3 Å². The quantitative estimate of drug-likeness (QED) is 0.637. The van der Waals surface area contributed by atoms with Gasteiger partial charge in [-0.1, -0.05) is 12.8 Å². The average molecular weight is 248 g/mol. The summed E-state index contributed by atoms with van der Waals surface area (Å²) in [6, 6.07) is 5.20. The molecule has 0 aromatic heterocycles. The van der Waals surface area contributed by atoms with Gasteiger partial charge in [-0.3, -0.25) is 0 Å². The van der Waals surface area contributed by atoms with E-state index in [0.29, 0.717) is 11.3 Å². The molecule has 0 heterocycles. The third kappa shape index (κ3) is 2.58. The minimum absolute atomic E-state index is 0.0862. The number of ether oxygens (including phenoxy) is 1. The zero-order valence-electron chi connectivity index (χ0n) is 11.0. The van der Waals surface area contributed by atoms with Crippen LogP contribution in [0, 0.1) is 0 Å². The lowest BCUT2D eigenvalue weighted by Crippen LogP contribution is -2.31. The number of hydrogen-bond donors (Lipinski definition) is 2. The van der Waals surface area contributed by atoms with Gasteiger partial charge in [-0.2, -0.15) is 0 Å². The van der Waals surface area contributed by atoms with Crippen LogP contribution in [0.5, 0.6) is 0 Å². The van der Waals surface area contributed by atoms with Gasteiger partial charge in [-0.25, -0.2) is 4.79 Å². The first-order valence-corrected chi connectivity index (χ1v) is 6.30. The van der Waals surface area contributed by atoms with Gasteiger partial charge in [0.2, 0.25) is 0 Å². The Bertz CT molecular complexity index is 451. The molecule has 1 aromatic rings. The molecule has 1 aliphatic rings. The van der Waals surface area contributed by atoms with Crippen molar-refractivity contribution in [1.82, 2.24) is 0 Å². The standard InChI is InChI=1S/C14H20N2O2/c1-14(7-3-4-8-14)16-12-9-10(13(17)18-2)5-6-11(12)15/h5-6,9,16H,3-4,7-8,15H2,1-2H3. The van der Waals surface area contributed by atoms with Gasteiger partial charge >= 0.3 is 5.97 Å². The van der Waals surface area contributed by atoms with E-state index in [1.807, 2.05) is 0 Å². The molecule has 0 spiro atoms.